The fourth-order valence-electron chi connectivity index (χ4n) is 3.21. The van der Waals surface area contributed by atoms with Gasteiger partial charge in [-0.25, -0.2) is 0 Å². The molecule has 0 aromatic heterocycles. The van der Waals surface area contributed by atoms with E-state index >= 15 is 0 Å². The van der Waals surface area contributed by atoms with E-state index in [1.165, 1.54) is 25.1 Å². The molecular weight excluding hydrogens is 258 g/mol. The molecule has 2 N–H and O–H groups in total. The fourth-order valence-corrected chi connectivity index (χ4v) is 3.21. The lowest BCUT2D eigenvalue weighted by molar-refractivity contribution is 0.138. The Bertz CT molecular complexity index is 416. The van der Waals surface area contributed by atoms with Crippen molar-refractivity contribution in [3.8, 4) is 0 Å². The van der Waals surface area contributed by atoms with Crippen molar-refractivity contribution in [1.29, 1.82) is 0 Å². The molecule has 1 aromatic rings. The summed E-state index contributed by atoms with van der Waals surface area (Å²) in [5, 5.41) is 0. The van der Waals surface area contributed by atoms with E-state index < -0.39 is 0 Å². The Kier molecular flexibility index (Phi) is 5.80. The lowest BCUT2D eigenvalue weighted by Gasteiger charge is -2.35. The van der Waals surface area contributed by atoms with Crippen LogP contribution in [0.2, 0.25) is 0 Å². The average Bonchev–Trinajstić information content (AvgIpc) is 2.94. The maximum atomic E-state index is 5.90. The van der Waals surface area contributed by atoms with E-state index in [0.29, 0.717) is 6.04 Å². The topological polar surface area (TPSA) is 32.5 Å². The molecule has 1 aliphatic heterocycles. The van der Waals surface area contributed by atoms with E-state index in [-0.39, 0.29) is 5.41 Å². The lowest BCUT2D eigenvalue weighted by atomic mass is 9.92. The van der Waals surface area contributed by atoms with Crippen LogP contribution in [0.1, 0.15) is 32.8 Å². The van der Waals surface area contributed by atoms with Gasteiger partial charge in [-0.2, -0.15) is 0 Å². The van der Waals surface area contributed by atoms with Gasteiger partial charge < -0.3 is 5.73 Å². The maximum absolute atomic E-state index is 5.90. The summed E-state index contributed by atoms with van der Waals surface area (Å²) in [5.41, 5.74) is 7.53. The zero-order valence-corrected chi connectivity index (χ0v) is 13.9. The van der Waals surface area contributed by atoms with Crippen LogP contribution in [-0.4, -0.2) is 48.6 Å². The molecule has 1 atom stereocenters. The molecule has 0 spiro atoms. The lowest BCUT2D eigenvalue weighted by Crippen LogP contribution is -2.45. The standard InChI is InChI=1S/C18H31N3/c1-4-21(15-18(2,3)14-19)17-10-11-20(13-17)12-16-8-6-5-7-9-16/h5-9,17H,4,10-15,19H2,1-3H3. The monoisotopic (exact) mass is 289 g/mol. The van der Waals surface area contributed by atoms with Crippen LogP contribution in [0.3, 0.4) is 0 Å². The third-order valence-corrected chi connectivity index (χ3v) is 4.60. The van der Waals surface area contributed by atoms with Gasteiger partial charge in [0, 0.05) is 32.2 Å². The Hall–Kier alpha value is -0.900. The van der Waals surface area contributed by atoms with Gasteiger partial charge in [0.2, 0.25) is 0 Å². The Labute approximate surface area is 130 Å². The number of hydrogen-bond acceptors (Lipinski definition) is 3. The molecule has 1 fully saturated rings. The van der Waals surface area contributed by atoms with Gasteiger partial charge in [-0.15, -0.1) is 0 Å². The number of likely N-dealkylation sites (tertiary alicyclic amines) is 1. The minimum absolute atomic E-state index is 0.211. The highest BCUT2D eigenvalue weighted by Crippen LogP contribution is 2.22. The maximum Gasteiger partial charge on any atom is 0.0235 e. The summed E-state index contributed by atoms with van der Waals surface area (Å²) < 4.78 is 0. The van der Waals surface area contributed by atoms with Crippen molar-refractivity contribution >= 4 is 0 Å². The van der Waals surface area contributed by atoms with Crippen LogP contribution in [0.4, 0.5) is 0 Å². The molecule has 1 aromatic carbocycles. The first-order valence-corrected chi connectivity index (χ1v) is 8.24. The number of likely N-dealkylation sites (N-methyl/N-ethyl adjacent to an activating group) is 1. The molecule has 1 heterocycles. The molecule has 118 valence electrons. The fraction of sp³-hybridized carbons (Fsp3) is 0.667. The second-order valence-electron chi connectivity index (χ2n) is 7.09. The van der Waals surface area contributed by atoms with Crippen molar-refractivity contribution in [2.24, 2.45) is 11.1 Å². The van der Waals surface area contributed by atoms with E-state index in [1.807, 2.05) is 0 Å². The van der Waals surface area contributed by atoms with Crippen molar-refractivity contribution in [3.05, 3.63) is 35.9 Å². The SMILES string of the molecule is CCN(CC(C)(C)CN)C1CCN(Cc2ccccc2)C1. The molecule has 1 unspecified atom stereocenters. The highest BCUT2D eigenvalue weighted by Gasteiger charge is 2.30. The second-order valence-corrected chi connectivity index (χ2v) is 7.09. The molecule has 1 saturated heterocycles. The Balaban J connectivity index is 1.88. The van der Waals surface area contributed by atoms with Gasteiger partial charge >= 0.3 is 0 Å². The summed E-state index contributed by atoms with van der Waals surface area (Å²) in [6.45, 7) is 13.3. The molecule has 21 heavy (non-hydrogen) atoms. The predicted octanol–water partition coefficient (Wildman–Crippen LogP) is 2.57. The Morgan fingerprint density at radius 1 is 1.29 bits per heavy atom. The highest BCUT2D eigenvalue weighted by molar-refractivity contribution is 5.14. The largest absolute Gasteiger partial charge is 0.330 e. The molecule has 1 aliphatic rings. The molecule has 0 amide bonds. The molecule has 2 rings (SSSR count). The first-order chi connectivity index (χ1) is 10.0. The van der Waals surface area contributed by atoms with E-state index in [1.54, 1.807) is 0 Å². The van der Waals surface area contributed by atoms with Gasteiger partial charge in [-0.1, -0.05) is 51.1 Å². The first-order valence-electron chi connectivity index (χ1n) is 8.24. The van der Waals surface area contributed by atoms with Crippen molar-refractivity contribution in [2.75, 3.05) is 32.7 Å². The zero-order valence-electron chi connectivity index (χ0n) is 13.9. The summed E-state index contributed by atoms with van der Waals surface area (Å²) >= 11 is 0. The van der Waals surface area contributed by atoms with Gasteiger partial charge in [0.25, 0.3) is 0 Å². The van der Waals surface area contributed by atoms with E-state index in [2.05, 4.69) is 60.9 Å². The zero-order chi connectivity index (χ0) is 15.3. The molecule has 0 bridgehead atoms. The summed E-state index contributed by atoms with van der Waals surface area (Å²) in [6.07, 6.45) is 1.28. The van der Waals surface area contributed by atoms with Gasteiger partial charge in [0.05, 0.1) is 0 Å². The quantitative estimate of drug-likeness (QED) is 0.837. The minimum atomic E-state index is 0.211. The predicted molar refractivity (Wildman–Crippen MR) is 90.2 cm³/mol. The number of nitrogens with two attached hydrogens (primary N) is 1. The number of rotatable bonds is 7. The van der Waals surface area contributed by atoms with Crippen LogP contribution in [-0.2, 0) is 6.54 Å². The smallest absolute Gasteiger partial charge is 0.0235 e. The van der Waals surface area contributed by atoms with Crippen LogP contribution >= 0.6 is 0 Å². The highest BCUT2D eigenvalue weighted by atomic mass is 15.3. The number of nitrogens with zero attached hydrogens (tertiary/aromatic N) is 2. The van der Waals surface area contributed by atoms with Crippen LogP contribution < -0.4 is 5.73 Å². The number of benzene rings is 1. The average molecular weight is 289 g/mol. The molecule has 3 nitrogen and oxygen atoms in total. The Morgan fingerprint density at radius 3 is 2.62 bits per heavy atom. The molecule has 3 heteroatoms. The van der Waals surface area contributed by atoms with Crippen LogP contribution in [0, 0.1) is 5.41 Å². The normalized spacial score (nSPS) is 20.3. The van der Waals surface area contributed by atoms with Gasteiger partial charge in [0.1, 0.15) is 0 Å². The number of hydrogen-bond donors (Lipinski definition) is 1. The first kappa shape index (κ1) is 16.5. The minimum Gasteiger partial charge on any atom is -0.330 e. The molecular formula is C18H31N3. The summed E-state index contributed by atoms with van der Waals surface area (Å²) in [4.78, 5) is 5.20. The van der Waals surface area contributed by atoms with E-state index in [0.717, 1.165) is 26.2 Å². The van der Waals surface area contributed by atoms with Crippen molar-refractivity contribution in [3.63, 3.8) is 0 Å². The van der Waals surface area contributed by atoms with Crippen molar-refractivity contribution < 1.29 is 0 Å². The van der Waals surface area contributed by atoms with Crippen LogP contribution in [0.5, 0.6) is 0 Å². The third-order valence-electron chi connectivity index (χ3n) is 4.60. The molecule has 0 saturated carbocycles. The second kappa shape index (κ2) is 7.39. The van der Waals surface area contributed by atoms with Crippen LogP contribution in [0.25, 0.3) is 0 Å². The van der Waals surface area contributed by atoms with Gasteiger partial charge in [-0.3, -0.25) is 9.80 Å². The summed E-state index contributed by atoms with van der Waals surface area (Å²) in [5.74, 6) is 0. The third kappa shape index (κ3) is 4.80. The van der Waals surface area contributed by atoms with E-state index in [9.17, 15) is 0 Å². The van der Waals surface area contributed by atoms with Gasteiger partial charge in [-0.05, 0) is 30.5 Å². The van der Waals surface area contributed by atoms with Crippen LogP contribution in [0.15, 0.2) is 30.3 Å². The summed E-state index contributed by atoms with van der Waals surface area (Å²) in [7, 11) is 0. The molecule has 0 aliphatic carbocycles. The Morgan fingerprint density at radius 2 is 2.00 bits per heavy atom. The van der Waals surface area contributed by atoms with E-state index in [4.69, 9.17) is 5.73 Å². The van der Waals surface area contributed by atoms with Crippen molar-refractivity contribution in [2.45, 2.75) is 39.8 Å². The van der Waals surface area contributed by atoms with Crippen molar-refractivity contribution in [1.82, 2.24) is 9.80 Å². The summed E-state index contributed by atoms with van der Waals surface area (Å²) in [6, 6.07) is 11.5. The van der Waals surface area contributed by atoms with Gasteiger partial charge in [0.15, 0.2) is 0 Å². The molecule has 0 radical (unpaired) electrons.